The second kappa shape index (κ2) is 6.48. The van der Waals surface area contributed by atoms with Crippen LogP contribution in [0.25, 0.3) is 5.69 Å². The van der Waals surface area contributed by atoms with Crippen LogP contribution in [0.1, 0.15) is 10.4 Å². The Morgan fingerprint density at radius 3 is 2.29 bits per heavy atom. The Hall–Kier alpha value is 0.326. The van der Waals surface area contributed by atoms with Crippen molar-refractivity contribution < 1.29 is 9.90 Å². The fourth-order valence-electron chi connectivity index (χ4n) is 1.20. The molecule has 83 valence electrons. The van der Waals surface area contributed by atoms with Gasteiger partial charge in [0.05, 0.1) is 11.7 Å². The minimum Gasteiger partial charge on any atom is -0.545 e. The molecular formula is C9H5KN2O2S3-. The minimum atomic E-state index is -1.20. The Morgan fingerprint density at radius 1 is 1.29 bits per heavy atom. The van der Waals surface area contributed by atoms with Crippen molar-refractivity contribution in [3.05, 3.63) is 37.7 Å². The number of carboxylic acids is 1. The van der Waals surface area contributed by atoms with Crippen molar-refractivity contribution in [2.24, 2.45) is 0 Å². The van der Waals surface area contributed by atoms with Gasteiger partial charge < -0.3 is 9.90 Å². The molecule has 0 bridgehead atoms. The summed E-state index contributed by atoms with van der Waals surface area (Å²) in [5.41, 5.74) is 0.867. The van der Waals surface area contributed by atoms with E-state index < -0.39 is 5.97 Å². The molecule has 1 radical (unpaired) electrons. The molecule has 0 aliphatic heterocycles. The Morgan fingerprint density at radius 2 is 1.88 bits per heavy atom. The molecule has 1 N–H and O–H groups in total. The van der Waals surface area contributed by atoms with Crippen molar-refractivity contribution in [2.75, 3.05) is 0 Å². The fourth-order valence-corrected chi connectivity index (χ4v) is 2.63. The van der Waals surface area contributed by atoms with Crippen LogP contribution in [0.15, 0.2) is 24.3 Å². The van der Waals surface area contributed by atoms with E-state index in [1.165, 1.54) is 23.5 Å². The van der Waals surface area contributed by atoms with Crippen molar-refractivity contribution in [3.8, 4) is 5.69 Å². The molecule has 0 saturated heterocycles. The number of hydrogen-bond donors (Lipinski definition) is 1. The first-order chi connectivity index (χ1) is 7.58. The number of hydrogen-bond acceptors (Lipinski definition) is 5. The average molecular weight is 308 g/mol. The third-order valence-corrected chi connectivity index (χ3v) is 3.33. The summed E-state index contributed by atoms with van der Waals surface area (Å²) in [6.45, 7) is 0. The van der Waals surface area contributed by atoms with E-state index in [4.69, 9.17) is 24.4 Å². The van der Waals surface area contributed by atoms with Crippen molar-refractivity contribution in [3.63, 3.8) is 0 Å². The Labute approximate surface area is 154 Å². The Bertz CT molecular complexity index is 641. The minimum absolute atomic E-state index is 0. The van der Waals surface area contributed by atoms with Gasteiger partial charge in [0.25, 0.3) is 0 Å². The Kier molecular flexibility index (Phi) is 5.86. The van der Waals surface area contributed by atoms with Gasteiger partial charge in [-0.15, -0.1) is 0 Å². The molecule has 2 aromatic rings. The molecule has 1 aromatic heterocycles. The van der Waals surface area contributed by atoms with Crippen molar-refractivity contribution >= 4 is 93.1 Å². The number of nitrogens with zero attached hydrogens (tertiary/aromatic N) is 1. The maximum atomic E-state index is 10.6. The topological polar surface area (TPSA) is 60.8 Å². The van der Waals surface area contributed by atoms with Crippen LogP contribution in [0.5, 0.6) is 0 Å². The number of carbonyl (C=O) groups excluding carboxylic acids is 1. The number of rotatable bonds is 2. The van der Waals surface area contributed by atoms with Gasteiger partial charge in [0.2, 0.25) is 0 Å². The van der Waals surface area contributed by atoms with Crippen molar-refractivity contribution in [2.45, 2.75) is 0 Å². The average Bonchev–Trinajstić information content (AvgIpc) is 2.58. The van der Waals surface area contributed by atoms with Crippen LogP contribution in [0.2, 0.25) is 0 Å². The normalized spacial score (nSPS) is 9.65. The van der Waals surface area contributed by atoms with Crippen molar-refractivity contribution in [1.82, 2.24) is 9.78 Å². The number of aromatic carboxylic acids is 1. The summed E-state index contributed by atoms with van der Waals surface area (Å²) < 4.78 is 2.79. The van der Waals surface area contributed by atoms with Gasteiger partial charge in [-0.25, -0.2) is 4.68 Å². The quantitative estimate of drug-likeness (QED) is 0.671. The van der Waals surface area contributed by atoms with E-state index in [9.17, 15) is 9.90 Å². The molecule has 0 amide bonds. The maximum Gasteiger partial charge on any atom is 0.183 e. The molecule has 8 heteroatoms. The largest absolute Gasteiger partial charge is 0.545 e. The standard InChI is InChI=1S/C9H6N2O2S3.K/c12-7(13)5-1-3-6(4-2-5)11-9(15)16-8(14)10-11;/h1-4H,(H,10,14)(H,12,13);/p-1. The zero-order chi connectivity index (χ0) is 11.7. The third-order valence-electron chi connectivity index (χ3n) is 1.93. The van der Waals surface area contributed by atoms with Crippen LogP contribution >= 0.6 is 35.8 Å². The van der Waals surface area contributed by atoms with Crippen molar-refractivity contribution in [1.29, 1.82) is 0 Å². The van der Waals surface area contributed by atoms with Gasteiger partial charge in [0.15, 0.2) is 7.91 Å². The zero-order valence-corrected chi connectivity index (χ0v) is 14.4. The van der Waals surface area contributed by atoms with E-state index in [1.807, 2.05) is 0 Å². The van der Waals surface area contributed by atoms with Gasteiger partial charge in [0, 0.05) is 51.4 Å². The molecule has 0 fully saturated rings. The van der Waals surface area contributed by atoms with Crippen LogP contribution in [0, 0.1) is 7.91 Å². The van der Waals surface area contributed by atoms with E-state index in [1.54, 1.807) is 16.8 Å². The molecule has 1 aromatic carbocycles. The molecule has 0 spiro atoms. The molecule has 0 aliphatic rings. The van der Waals surface area contributed by atoms with Crippen LogP contribution in [-0.2, 0) is 0 Å². The first-order valence-corrected chi connectivity index (χ1v) is 5.85. The number of aromatic amines is 1. The summed E-state index contributed by atoms with van der Waals surface area (Å²) in [7, 11) is 0. The molecule has 0 atom stereocenters. The monoisotopic (exact) mass is 308 g/mol. The molecule has 0 aliphatic carbocycles. The number of benzene rings is 1. The van der Waals surface area contributed by atoms with Gasteiger partial charge in [-0.3, -0.25) is 5.10 Å². The maximum absolute atomic E-state index is 10.6. The molecule has 1 heterocycles. The summed E-state index contributed by atoms with van der Waals surface area (Å²) in [6.07, 6.45) is 0. The summed E-state index contributed by atoms with van der Waals surface area (Å²) in [6, 6.07) is 6.19. The molecule has 2 rings (SSSR count). The van der Waals surface area contributed by atoms with Crippen LogP contribution in [0.3, 0.4) is 0 Å². The predicted molar refractivity (Wildman–Crippen MR) is 69.7 cm³/mol. The van der Waals surface area contributed by atoms with E-state index in [2.05, 4.69) is 5.10 Å². The summed E-state index contributed by atoms with van der Waals surface area (Å²) in [5.74, 6) is -1.20. The zero-order valence-electron chi connectivity index (χ0n) is 8.80. The van der Waals surface area contributed by atoms with Crippen LogP contribution in [-0.4, -0.2) is 67.1 Å². The van der Waals surface area contributed by atoms with E-state index in [-0.39, 0.29) is 56.9 Å². The third kappa shape index (κ3) is 3.64. The van der Waals surface area contributed by atoms with Gasteiger partial charge >= 0.3 is 0 Å². The Balaban J connectivity index is 0.00000144. The molecular weight excluding hydrogens is 303 g/mol. The molecule has 17 heavy (non-hydrogen) atoms. The second-order valence-corrected chi connectivity index (χ2v) is 5.25. The first-order valence-electron chi connectivity index (χ1n) is 4.22. The number of H-pyrrole nitrogens is 1. The summed E-state index contributed by atoms with van der Waals surface area (Å²) in [4.78, 5) is 10.6. The second-order valence-electron chi connectivity index (χ2n) is 2.94. The van der Waals surface area contributed by atoms with Gasteiger partial charge in [-0.05, 0) is 42.1 Å². The van der Waals surface area contributed by atoms with E-state index in [0.717, 1.165) is 5.69 Å². The van der Waals surface area contributed by atoms with E-state index in [0.29, 0.717) is 7.91 Å². The predicted octanol–water partition coefficient (Wildman–Crippen LogP) is 1.31. The first kappa shape index (κ1) is 15.4. The van der Waals surface area contributed by atoms with Crippen LogP contribution < -0.4 is 5.11 Å². The number of carbonyl (C=O) groups is 1. The molecule has 4 nitrogen and oxygen atoms in total. The van der Waals surface area contributed by atoms with Gasteiger partial charge in [0.1, 0.15) is 0 Å². The van der Waals surface area contributed by atoms with Gasteiger partial charge in [-0.2, -0.15) is 0 Å². The molecule has 0 saturated carbocycles. The number of aromatic nitrogens is 2. The summed E-state index contributed by atoms with van der Waals surface area (Å²) in [5, 5.41) is 13.5. The molecule has 0 unspecified atom stereocenters. The van der Waals surface area contributed by atoms with Gasteiger partial charge in [-0.1, -0.05) is 23.5 Å². The number of nitrogens with one attached hydrogen (secondary N) is 1. The van der Waals surface area contributed by atoms with Crippen LogP contribution in [0.4, 0.5) is 0 Å². The SMILES string of the molecule is O=C([O-])c1ccc(-n2[nH]c(=S)sc2=S)cc1.[K]. The fraction of sp³-hybridized carbons (Fsp3) is 0. The number of carboxylic acid groups (broad SMARTS) is 1. The van der Waals surface area contributed by atoms with E-state index >= 15 is 0 Å². The smallest absolute Gasteiger partial charge is 0.183 e. The summed E-state index contributed by atoms with van der Waals surface area (Å²) >= 11 is 11.3.